The summed E-state index contributed by atoms with van der Waals surface area (Å²) in [5, 5.41) is 5.98. The lowest BCUT2D eigenvalue weighted by Gasteiger charge is -2.18. The summed E-state index contributed by atoms with van der Waals surface area (Å²) < 4.78 is 11.0. The maximum atomic E-state index is 12.3. The maximum Gasteiger partial charge on any atom is 0.275 e. The van der Waals surface area contributed by atoms with E-state index in [0.717, 1.165) is 13.0 Å². The zero-order valence-corrected chi connectivity index (χ0v) is 14.2. The van der Waals surface area contributed by atoms with E-state index in [9.17, 15) is 4.79 Å². The van der Waals surface area contributed by atoms with Gasteiger partial charge >= 0.3 is 0 Å². The second kappa shape index (κ2) is 8.32. The van der Waals surface area contributed by atoms with Gasteiger partial charge in [0.15, 0.2) is 11.5 Å². The highest BCUT2D eigenvalue weighted by Crippen LogP contribution is 2.32. The number of nitrogens with zero attached hydrogens (tertiary/aromatic N) is 2. The van der Waals surface area contributed by atoms with Crippen LogP contribution in [0.3, 0.4) is 0 Å². The number of carbonyl (C=O) groups is 1. The van der Waals surface area contributed by atoms with Crippen molar-refractivity contribution in [3.63, 3.8) is 0 Å². The number of unbranched alkanes of at least 4 members (excludes halogenated alkanes) is 2. The van der Waals surface area contributed by atoms with Crippen molar-refractivity contribution < 1.29 is 14.3 Å². The Morgan fingerprint density at radius 3 is 2.72 bits per heavy atom. The molecule has 7 heteroatoms. The quantitative estimate of drug-likeness (QED) is 0.752. The number of rotatable bonds is 7. The van der Waals surface area contributed by atoms with Gasteiger partial charge in [-0.05, 0) is 18.6 Å². The van der Waals surface area contributed by atoms with Crippen LogP contribution in [0, 0.1) is 0 Å². The van der Waals surface area contributed by atoms with Crippen molar-refractivity contribution >= 4 is 17.4 Å². The van der Waals surface area contributed by atoms with Crippen molar-refractivity contribution in [2.75, 3.05) is 30.4 Å². The molecular weight excluding hydrogens is 320 g/mol. The minimum absolute atomic E-state index is 0.258. The number of anilines is 2. The summed E-state index contributed by atoms with van der Waals surface area (Å²) in [6.45, 7) is 4.05. The molecule has 0 saturated carbocycles. The van der Waals surface area contributed by atoms with Crippen LogP contribution in [-0.4, -0.2) is 35.6 Å². The molecule has 0 bridgehead atoms. The van der Waals surface area contributed by atoms with E-state index < -0.39 is 0 Å². The van der Waals surface area contributed by atoms with Gasteiger partial charge in [-0.2, -0.15) is 0 Å². The molecule has 7 nitrogen and oxygen atoms in total. The van der Waals surface area contributed by atoms with Crippen molar-refractivity contribution in [1.82, 2.24) is 9.97 Å². The van der Waals surface area contributed by atoms with Gasteiger partial charge in [-0.1, -0.05) is 19.8 Å². The number of hydrogen-bond donors (Lipinski definition) is 2. The van der Waals surface area contributed by atoms with Crippen LogP contribution in [0.1, 0.15) is 36.7 Å². The lowest BCUT2D eigenvalue weighted by molar-refractivity contribution is 0.102. The van der Waals surface area contributed by atoms with Crippen molar-refractivity contribution in [1.29, 1.82) is 0 Å². The van der Waals surface area contributed by atoms with Gasteiger partial charge in [0.05, 0.1) is 12.4 Å². The Morgan fingerprint density at radius 2 is 1.96 bits per heavy atom. The van der Waals surface area contributed by atoms with E-state index in [1.54, 1.807) is 24.4 Å². The second-order valence-electron chi connectivity index (χ2n) is 5.73. The fraction of sp³-hybridized carbons (Fsp3) is 0.389. The van der Waals surface area contributed by atoms with E-state index in [0.29, 0.717) is 36.2 Å². The number of carbonyl (C=O) groups excluding carboxylic acids is 1. The fourth-order valence-corrected chi connectivity index (χ4v) is 2.44. The molecule has 2 aromatic rings. The van der Waals surface area contributed by atoms with Crippen LogP contribution in [-0.2, 0) is 0 Å². The molecule has 0 fully saturated rings. The minimum Gasteiger partial charge on any atom is -0.486 e. The van der Waals surface area contributed by atoms with Gasteiger partial charge in [-0.15, -0.1) is 0 Å². The molecule has 1 aromatic carbocycles. The number of nitrogens with one attached hydrogen (secondary N) is 2. The van der Waals surface area contributed by atoms with Gasteiger partial charge in [-0.25, -0.2) is 9.97 Å². The first kappa shape index (κ1) is 17.0. The number of amides is 1. The standard InChI is InChI=1S/C18H22N4O3/c1-2-3-4-7-19-17-12-20-14(11-21-17)18(23)22-13-5-6-15-16(10-13)25-9-8-24-15/h5-6,10-12H,2-4,7-9H2,1H3,(H,19,21)(H,22,23). The van der Waals surface area contributed by atoms with Gasteiger partial charge in [0, 0.05) is 18.3 Å². The number of ether oxygens (including phenoxy) is 2. The van der Waals surface area contributed by atoms with E-state index >= 15 is 0 Å². The van der Waals surface area contributed by atoms with Gasteiger partial charge < -0.3 is 20.1 Å². The third-order valence-electron chi connectivity index (χ3n) is 3.77. The Bertz CT molecular complexity index is 719. The molecule has 1 aliphatic heterocycles. The lowest BCUT2D eigenvalue weighted by atomic mass is 10.2. The average molecular weight is 342 g/mol. The molecule has 0 unspecified atom stereocenters. The number of hydrogen-bond acceptors (Lipinski definition) is 6. The summed E-state index contributed by atoms with van der Waals surface area (Å²) in [6, 6.07) is 5.28. The van der Waals surface area contributed by atoms with Crippen molar-refractivity contribution in [3.05, 3.63) is 36.3 Å². The molecule has 2 N–H and O–H groups in total. The summed E-state index contributed by atoms with van der Waals surface area (Å²) in [6.07, 6.45) is 6.48. The first-order valence-corrected chi connectivity index (χ1v) is 8.53. The van der Waals surface area contributed by atoms with E-state index in [-0.39, 0.29) is 11.6 Å². The number of fused-ring (bicyclic) bond motifs is 1. The van der Waals surface area contributed by atoms with Crippen molar-refractivity contribution in [2.45, 2.75) is 26.2 Å². The Labute approximate surface area is 146 Å². The van der Waals surface area contributed by atoms with E-state index in [4.69, 9.17) is 9.47 Å². The van der Waals surface area contributed by atoms with Crippen LogP contribution in [0.15, 0.2) is 30.6 Å². The predicted octanol–water partition coefficient (Wildman–Crippen LogP) is 3.10. The zero-order valence-electron chi connectivity index (χ0n) is 14.2. The number of benzene rings is 1. The molecule has 25 heavy (non-hydrogen) atoms. The highest BCUT2D eigenvalue weighted by molar-refractivity contribution is 6.02. The van der Waals surface area contributed by atoms with Crippen LogP contribution in [0.5, 0.6) is 11.5 Å². The van der Waals surface area contributed by atoms with Gasteiger partial charge in [-0.3, -0.25) is 4.79 Å². The average Bonchev–Trinajstić information content (AvgIpc) is 2.65. The highest BCUT2D eigenvalue weighted by atomic mass is 16.6. The molecule has 0 saturated heterocycles. The predicted molar refractivity (Wildman–Crippen MR) is 95.4 cm³/mol. The van der Waals surface area contributed by atoms with E-state index in [1.165, 1.54) is 19.0 Å². The van der Waals surface area contributed by atoms with Crippen LogP contribution in [0.4, 0.5) is 11.5 Å². The molecular formula is C18H22N4O3. The Balaban J connectivity index is 1.57. The summed E-state index contributed by atoms with van der Waals surface area (Å²) in [5.74, 6) is 1.66. The molecule has 0 atom stereocenters. The summed E-state index contributed by atoms with van der Waals surface area (Å²) in [5.41, 5.74) is 0.881. The third-order valence-corrected chi connectivity index (χ3v) is 3.77. The Morgan fingerprint density at radius 1 is 1.12 bits per heavy atom. The highest BCUT2D eigenvalue weighted by Gasteiger charge is 2.14. The van der Waals surface area contributed by atoms with Crippen molar-refractivity contribution in [2.24, 2.45) is 0 Å². The maximum absolute atomic E-state index is 12.3. The summed E-state index contributed by atoms with van der Waals surface area (Å²) in [7, 11) is 0. The minimum atomic E-state index is -0.318. The zero-order chi connectivity index (χ0) is 17.5. The van der Waals surface area contributed by atoms with Gasteiger partial charge in [0.2, 0.25) is 0 Å². The molecule has 0 aliphatic carbocycles. The lowest BCUT2D eigenvalue weighted by Crippen LogP contribution is -2.17. The van der Waals surface area contributed by atoms with Crippen LogP contribution in [0.2, 0.25) is 0 Å². The SMILES string of the molecule is CCCCCNc1cnc(C(=O)Nc2ccc3c(c2)OCCO3)cn1. The topological polar surface area (TPSA) is 85.4 Å². The molecule has 2 heterocycles. The normalized spacial score (nSPS) is 12.5. The first-order valence-electron chi connectivity index (χ1n) is 8.53. The first-order chi connectivity index (χ1) is 12.3. The third kappa shape index (κ3) is 4.59. The molecule has 0 radical (unpaired) electrons. The van der Waals surface area contributed by atoms with Crippen molar-refractivity contribution in [3.8, 4) is 11.5 Å². The summed E-state index contributed by atoms with van der Waals surface area (Å²) >= 11 is 0. The largest absolute Gasteiger partial charge is 0.486 e. The van der Waals surface area contributed by atoms with Gasteiger partial charge in [0.1, 0.15) is 24.7 Å². The van der Waals surface area contributed by atoms with E-state index in [2.05, 4.69) is 27.5 Å². The smallest absolute Gasteiger partial charge is 0.275 e. The second-order valence-corrected chi connectivity index (χ2v) is 5.73. The Hall–Kier alpha value is -2.83. The monoisotopic (exact) mass is 342 g/mol. The molecule has 1 aliphatic rings. The molecule has 0 spiro atoms. The number of aromatic nitrogens is 2. The molecule has 1 amide bonds. The fourth-order valence-electron chi connectivity index (χ4n) is 2.44. The van der Waals surface area contributed by atoms with Gasteiger partial charge in [0.25, 0.3) is 5.91 Å². The molecule has 1 aromatic heterocycles. The van der Waals surface area contributed by atoms with Crippen LogP contribution < -0.4 is 20.1 Å². The summed E-state index contributed by atoms with van der Waals surface area (Å²) in [4.78, 5) is 20.7. The molecule has 3 rings (SSSR count). The van der Waals surface area contributed by atoms with Crippen LogP contribution in [0.25, 0.3) is 0 Å². The van der Waals surface area contributed by atoms with E-state index in [1.807, 2.05) is 0 Å². The van der Waals surface area contributed by atoms with Crippen LogP contribution >= 0.6 is 0 Å². The Kier molecular flexibility index (Phi) is 5.66. The molecule has 132 valence electrons.